The molecule has 122 valence electrons. The van der Waals surface area contributed by atoms with Gasteiger partial charge in [-0.1, -0.05) is 18.2 Å². The van der Waals surface area contributed by atoms with Crippen LogP contribution in [-0.4, -0.2) is 36.0 Å². The molecule has 0 unspecified atom stereocenters. The van der Waals surface area contributed by atoms with E-state index in [1.165, 1.54) is 39.7 Å². The molecule has 0 aliphatic heterocycles. The summed E-state index contributed by atoms with van der Waals surface area (Å²) in [5.41, 5.74) is 0.513. The summed E-state index contributed by atoms with van der Waals surface area (Å²) in [6.07, 6.45) is 1.24. The van der Waals surface area contributed by atoms with Gasteiger partial charge in [0.1, 0.15) is 0 Å². The van der Waals surface area contributed by atoms with Crippen LogP contribution in [0.1, 0.15) is 5.56 Å². The molecule has 2 rings (SSSR count). The van der Waals surface area contributed by atoms with Gasteiger partial charge < -0.3 is 14.2 Å². The normalized spacial score (nSPS) is 11.4. The molecule has 0 N–H and O–H groups in total. The minimum absolute atomic E-state index is 0.128. The van der Waals surface area contributed by atoms with Crippen LogP contribution >= 0.6 is 0 Å². The summed E-state index contributed by atoms with van der Waals surface area (Å²) in [5.74, 6) is 1.27. The molecule has 0 aliphatic rings. The average molecular weight is 335 g/mol. The first-order valence-corrected chi connectivity index (χ1v) is 8.11. The maximum Gasteiger partial charge on any atom is 0.282 e. The minimum atomic E-state index is -3.76. The largest absolute Gasteiger partial charge is 0.493 e. The monoisotopic (exact) mass is 335 g/mol. The van der Waals surface area contributed by atoms with E-state index < -0.39 is 10.0 Å². The van der Waals surface area contributed by atoms with E-state index in [4.69, 9.17) is 14.2 Å². The van der Waals surface area contributed by atoms with E-state index in [1.807, 2.05) is 0 Å². The molecule has 2 aromatic rings. The minimum Gasteiger partial charge on any atom is -0.493 e. The van der Waals surface area contributed by atoms with Gasteiger partial charge in [0.05, 0.1) is 26.2 Å². The van der Waals surface area contributed by atoms with Crippen LogP contribution in [-0.2, 0) is 10.0 Å². The lowest BCUT2D eigenvalue weighted by Crippen LogP contribution is -1.99. The topological polar surface area (TPSA) is 74.2 Å². The third-order valence-electron chi connectivity index (χ3n) is 3.07. The first-order chi connectivity index (χ1) is 11.0. The van der Waals surface area contributed by atoms with Crippen molar-refractivity contribution in [3.05, 3.63) is 48.0 Å². The Morgan fingerprint density at radius 3 is 1.96 bits per heavy atom. The molecule has 0 heterocycles. The van der Waals surface area contributed by atoms with Crippen LogP contribution in [0.25, 0.3) is 0 Å². The number of sulfonamides is 1. The summed E-state index contributed by atoms with van der Waals surface area (Å²) in [4.78, 5) is 0.128. The summed E-state index contributed by atoms with van der Waals surface area (Å²) in [6, 6.07) is 11.2. The number of rotatable bonds is 6. The zero-order valence-electron chi connectivity index (χ0n) is 13.0. The Kier molecular flexibility index (Phi) is 5.23. The predicted molar refractivity (Wildman–Crippen MR) is 87.3 cm³/mol. The highest BCUT2D eigenvalue weighted by atomic mass is 32.2. The molecule has 0 saturated carbocycles. The number of hydrogen-bond acceptors (Lipinski definition) is 5. The highest BCUT2D eigenvalue weighted by Crippen LogP contribution is 2.37. The maximum atomic E-state index is 12.2. The lowest BCUT2D eigenvalue weighted by Gasteiger charge is -2.12. The van der Waals surface area contributed by atoms with Crippen LogP contribution in [0.4, 0.5) is 0 Å². The molecule has 2 aromatic carbocycles. The summed E-state index contributed by atoms with van der Waals surface area (Å²) in [7, 11) is 0.707. The zero-order chi connectivity index (χ0) is 16.9. The predicted octanol–water partition coefficient (Wildman–Crippen LogP) is 2.52. The van der Waals surface area contributed by atoms with Gasteiger partial charge in [0.15, 0.2) is 11.5 Å². The van der Waals surface area contributed by atoms with Crippen molar-refractivity contribution in [2.24, 2.45) is 4.40 Å². The summed E-state index contributed by atoms with van der Waals surface area (Å²) in [6.45, 7) is 0. The van der Waals surface area contributed by atoms with E-state index in [-0.39, 0.29) is 4.90 Å². The Balaban J connectivity index is 2.40. The van der Waals surface area contributed by atoms with Crippen molar-refractivity contribution in [1.82, 2.24) is 0 Å². The highest BCUT2D eigenvalue weighted by Gasteiger charge is 2.14. The van der Waals surface area contributed by atoms with Crippen LogP contribution in [0.2, 0.25) is 0 Å². The molecule has 0 amide bonds. The van der Waals surface area contributed by atoms with E-state index >= 15 is 0 Å². The molecule has 0 spiro atoms. The number of methoxy groups -OCH3 is 3. The quantitative estimate of drug-likeness (QED) is 0.758. The van der Waals surface area contributed by atoms with Gasteiger partial charge in [0.2, 0.25) is 5.75 Å². The second kappa shape index (κ2) is 7.15. The molecule has 0 aromatic heterocycles. The van der Waals surface area contributed by atoms with Crippen molar-refractivity contribution in [3.8, 4) is 17.2 Å². The summed E-state index contributed by atoms with van der Waals surface area (Å²) >= 11 is 0. The lowest BCUT2D eigenvalue weighted by molar-refractivity contribution is 0.324. The molecule has 23 heavy (non-hydrogen) atoms. The second-order valence-electron chi connectivity index (χ2n) is 4.48. The van der Waals surface area contributed by atoms with Crippen molar-refractivity contribution in [3.63, 3.8) is 0 Å². The molecule has 0 saturated heterocycles. The summed E-state index contributed by atoms with van der Waals surface area (Å²) in [5, 5.41) is 0. The maximum absolute atomic E-state index is 12.2. The number of hydrogen-bond donors (Lipinski definition) is 0. The molecular formula is C16H17NO5S. The molecule has 6 nitrogen and oxygen atoms in total. The molecule has 0 radical (unpaired) electrons. The number of ether oxygens (including phenoxy) is 3. The van der Waals surface area contributed by atoms with Gasteiger partial charge in [0.25, 0.3) is 10.0 Å². The van der Waals surface area contributed by atoms with E-state index in [9.17, 15) is 8.42 Å². The Labute approximate surface area is 135 Å². The SMILES string of the molecule is COc1cc(/C=N\S(=O)(=O)c2ccccc2)cc(OC)c1OC. The fourth-order valence-electron chi connectivity index (χ4n) is 1.96. The van der Waals surface area contributed by atoms with Crippen LogP contribution in [0, 0.1) is 0 Å². The molecule has 0 fully saturated rings. The van der Waals surface area contributed by atoms with Crippen molar-refractivity contribution in [2.75, 3.05) is 21.3 Å². The van der Waals surface area contributed by atoms with Crippen LogP contribution in [0.5, 0.6) is 17.2 Å². The van der Waals surface area contributed by atoms with Crippen molar-refractivity contribution in [2.45, 2.75) is 4.90 Å². The standard InChI is InChI=1S/C16H17NO5S/c1-20-14-9-12(10-15(21-2)16(14)22-3)11-17-23(18,19)13-7-5-4-6-8-13/h4-11H,1-3H3/b17-11-. The van der Waals surface area contributed by atoms with E-state index in [2.05, 4.69) is 4.40 Å². The summed E-state index contributed by atoms with van der Waals surface area (Å²) < 4.78 is 43.7. The average Bonchev–Trinajstić information content (AvgIpc) is 2.59. The molecular weight excluding hydrogens is 318 g/mol. The number of benzene rings is 2. The van der Waals surface area contributed by atoms with Crippen LogP contribution in [0.15, 0.2) is 51.8 Å². The van der Waals surface area contributed by atoms with Gasteiger partial charge in [-0.2, -0.15) is 12.8 Å². The van der Waals surface area contributed by atoms with Gasteiger partial charge >= 0.3 is 0 Å². The van der Waals surface area contributed by atoms with Gasteiger partial charge in [-0.15, -0.1) is 0 Å². The van der Waals surface area contributed by atoms with Crippen molar-refractivity contribution in [1.29, 1.82) is 0 Å². The Morgan fingerprint density at radius 2 is 1.48 bits per heavy atom. The van der Waals surface area contributed by atoms with E-state index in [1.54, 1.807) is 30.3 Å². The first kappa shape index (κ1) is 16.8. The number of nitrogens with zero attached hydrogens (tertiary/aromatic N) is 1. The van der Waals surface area contributed by atoms with Gasteiger partial charge in [-0.25, -0.2) is 0 Å². The van der Waals surface area contributed by atoms with Gasteiger partial charge in [0, 0.05) is 11.8 Å². The fraction of sp³-hybridized carbons (Fsp3) is 0.188. The first-order valence-electron chi connectivity index (χ1n) is 6.67. The molecule has 7 heteroatoms. The van der Waals surface area contributed by atoms with Crippen molar-refractivity contribution >= 4 is 16.2 Å². The second-order valence-corrected chi connectivity index (χ2v) is 6.11. The van der Waals surface area contributed by atoms with Gasteiger partial charge in [-0.3, -0.25) is 0 Å². The molecule has 0 atom stereocenters. The smallest absolute Gasteiger partial charge is 0.282 e. The zero-order valence-corrected chi connectivity index (χ0v) is 13.8. The Bertz CT molecular complexity index is 775. The lowest BCUT2D eigenvalue weighted by atomic mass is 10.2. The molecule has 0 aliphatic carbocycles. The van der Waals surface area contributed by atoms with Crippen LogP contribution < -0.4 is 14.2 Å². The van der Waals surface area contributed by atoms with Gasteiger partial charge in [-0.05, 0) is 24.3 Å². The third kappa shape index (κ3) is 3.81. The van der Waals surface area contributed by atoms with E-state index in [0.29, 0.717) is 22.8 Å². The Morgan fingerprint density at radius 1 is 0.913 bits per heavy atom. The molecule has 0 bridgehead atoms. The van der Waals surface area contributed by atoms with E-state index in [0.717, 1.165) is 0 Å². The van der Waals surface area contributed by atoms with Crippen LogP contribution in [0.3, 0.4) is 0 Å². The fourth-order valence-corrected chi connectivity index (χ4v) is 2.84. The third-order valence-corrected chi connectivity index (χ3v) is 4.32. The Hall–Kier alpha value is -2.54. The highest BCUT2D eigenvalue weighted by molar-refractivity contribution is 7.90. The van der Waals surface area contributed by atoms with Crippen molar-refractivity contribution < 1.29 is 22.6 Å².